The van der Waals surface area contributed by atoms with Gasteiger partial charge in [-0.3, -0.25) is 14.4 Å². The molecule has 0 aliphatic heterocycles. The second-order valence-electron chi connectivity index (χ2n) is 7.83. The lowest BCUT2D eigenvalue weighted by atomic mass is 10.0. The summed E-state index contributed by atoms with van der Waals surface area (Å²) < 4.78 is 0. The molecule has 0 rings (SSSR count). The minimum atomic E-state index is -0.618. The molecule has 0 aromatic carbocycles. The van der Waals surface area contributed by atoms with Gasteiger partial charge < -0.3 is 20.9 Å². The van der Waals surface area contributed by atoms with E-state index in [1.807, 2.05) is 55.4 Å². The number of ketones is 1. The van der Waals surface area contributed by atoms with Crippen molar-refractivity contribution in [2.45, 2.75) is 120 Å². The molecule has 34 heavy (non-hydrogen) atoms. The highest BCUT2D eigenvalue weighted by molar-refractivity contribution is 5.91. The highest BCUT2D eigenvalue weighted by Crippen LogP contribution is 2.07. The van der Waals surface area contributed by atoms with Crippen molar-refractivity contribution in [3.05, 3.63) is 0 Å². The van der Waals surface area contributed by atoms with Gasteiger partial charge in [0.25, 0.3) is 0 Å². The van der Waals surface area contributed by atoms with Crippen LogP contribution in [0.5, 0.6) is 0 Å². The van der Waals surface area contributed by atoms with Crippen LogP contribution in [0.3, 0.4) is 0 Å². The van der Waals surface area contributed by atoms with Crippen LogP contribution in [0.25, 0.3) is 0 Å². The molecule has 0 aliphatic carbocycles. The molecule has 7 nitrogen and oxygen atoms in total. The van der Waals surface area contributed by atoms with Gasteiger partial charge in [0.05, 0.1) is 12.6 Å². The van der Waals surface area contributed by atoms with Crippen LogP contribution in [0, 0.1) is 5.92 Å². The molecule has 3 N–H and O–H groups in total. The first-order valence-electron chi connectivity index (χ1n) is 13.7. The monoisotopic (exact) mass is 488 g/mol. The molecule has 0 heterocycles. The van der Waals surface area contributed by atoms with E-state index < -0.39 is 6.04 Å². The lowest BCUT2D eigenvalue weighted by molar-refractivity contribution is -0.131. The van der Waals surface area contributed by atoms with E-state index in [0.717, 1.165) is 45.3 Å². The Bertz CT molecular complexity index is 465. The Morgan fingerprint density at radius 1 is 0.794 bits per heavy atom. The topological polar surface area (TPSA) is 90.5 Å². The second kappa shape index (κ2) is 29.6. The van der Waals surface area contributed by atoms with E-state index in [1.54, 1.807) is 7.05 Å². The van der Waals surface area contributed by atoms with Crippen molar-refractivity contribution in [1.29, 1.82) is 0 Å². The molecule has 2 amide bonds. The fraction of sp³-hybridized carbons (Fsp3) is 0.889. The number of unbranched alkanes of at least 4 members (excludes halogenated alkanes) is 1. The SMILES string of the molecule is CC.CC.CC.CCCN(CCC)CCCCC(NC(=O)C(NC)C(C)C)C(=O)NCC(C)=O. The van der Waals surface area contributed by atoms with E-state index in [2.05, 4.69) is 34.7 Å². The second-order valence-corrected chi connectivity index (χ2v) is 7.83. The van der Waals surface area contributed by atoms with Crippen LogP contribution in [0.15, 0.2) is 0 Å². The number of hydrogen-bond donors (Lipinski definition) is 3. The summed E-state index contributed by atoms with van der Waals surface area (Å²) in [5.41, 5.74) is 0. The molecular formula is C27H60N4O3. The summed E-state index contributed by atoms with van der Waals surface area (Å²) in [4.78, 5) is 38.7. The summed E-state index contributed by atoms with van der Waals surface area (Å²) in [7, 11) is 1.74. The van der Waals surface area contributed by atoms with E-state index in [0.29, 0.717) is 6.42 Å². The third-order valence-corrected chi connectivity index (χ3v) is 4.70. The number of carbonyl (C=O) groups is 3. The largest absolute Gasteiger partial charge is 0.347 e. The third-order valence-electron chi connectivity index (χ3n) is 4.70. The average molecular weight is 489 g/mol. The molecule has 2 atom stereocenters. The molecule has 0 fully saturated rings. The van der Waals surface area contributed by atoms with Crippen molar-refractivity contribution in [2.24, 2.45) is 5.92 Å². The van der Waals surface area contributed by atoms with Gasteiger partial charge >= 0.3 is 0 Å². The smallest absolute Gasteiger partial charge is 0.242 e. The summed E-state index contributed by atoms with van der Waals surface area (Å²) in [6.07, 6.45) is 4.65. The van der Waals surface area contributed by atoms with Gasteiger partial charge in [-0.15, -0.1) is 0 Å². The number of hydrogen-bond acceptors (Lipinski definition) is 5. The van der Waals surface area contributed by atoms with Gasteiger partial charge in [0.15, 0.2) is 0 Å². The first-order chi connectivity index (χ1) is 16.3. The number of Topliss-reactive ketones (excluding diaryl/α,β-unsaturated/α-hetero) is 1. The Morgan fingerprint density at radius 3 is 1.68 bits per heavy atom. The van der Waals surface area contributed by atoms with Crippen LogP contribution in [-0.4, -0.2) is 67.8 Å². The number of amides is 2. The maximum Gasteiger partial charge on any atom is 0.242 e. The Kier molecular flexibility index (Phi) is 34.5. The normalized spacial score (nSPS) is 11.6. The van der Waals surface area contributed by atoms with Crippen LogP contribution in [-0.2, 0) is 14.4 Å². The third kappa shape index (κ3) is 22.3. The number of nitrogens with one attached hydrogen (secondary N) is 3. The van der Waals surface area contributed by atoms with Crippen LogP contribution in [0.4, 0.5) is 0 Å². The number of nitrogens with zero attached hydrogens (tertiary/aromatic N) is 1. The van der Waals surface area contributed by atoms with Gasteiger partial charge in [-0.1, -0.05) is 69.2 Å². The van der Waals surface area contributed by atoms with Crippen molar-refractivity contribution in [3.8, 4) is 0 Å². The van der Waals surface area contributed by atoms with Crippen molar-refractivity contribution < 1.29 is 14.4 Å². The highest BCUT2D eigenvalue weighted by atomic mass is 16.2. The zero-order chi connectivity index (χ0) is 27.5. The summed E-state index contributed by atoms with van der Waals surface area (Å²) in [5, 5.41) is 8.50. The lowest BCUT2D eigenvalue weighted by Crippen LogP contribution is -2.54. The quantitative estimate of drug-likeness (QED) is 0.272. The van der Waals surface area contributed by atoms with E-state index in [9.17, 15) is 14.4 Å². The first-order valence-corrected chi connectivity index (χ1v) is 13.7. The fourth-order valence-electron chi connectivity index (χ4n) is 3.28. The van der Waals surface area contributed by atoms with E-state index in [4.69, 9.17) is 0 Å². The molecule has 0 spiro atoms. The molecule has 7 heteroatoms. The van der Waals surface area contributed by atoms with E-state index in [-0.39, 0.29) is 36.1 Å². The predicted octanol–water partition coefficient (Wildman–Crippen LogP) is 4.79. The van der Waals surface area contributed by atoms with Gasteiger partial charge in [-0.25, -0.2) is 0 Å². The van der Waals surface area contributed by atoms with Gasteiger partial charge in [0, 0.05) is 0 Å². The number of rotatable bonds is 16. The van der Waals surface area contributed by atoms with Crippen LogP contribution in [0.1, 0.15) is 108 Å². The molecule has 0 radical (unpaired) electrons. The molecular weight excluding hydrogens is 428 g/mol. The molecule has 0 saturated heterocycles. The Labute approximate surface area is 212 Å². The van der Waals surface area contributed by atoms with E-state index >= 15 is 0 Å². The van der Waals surface area contributed by atoms with Crippen LogP contribution >= 0.6 is 0 Å². The lowest BCUT2D eigenvalue weighted by Gasteiger charge is -2.25. The van der Waals surface area contributed by atoms with Gasteiger partial charge in [-0.2, -0.15) is 0 Å². The summed E-state index contributed by atoms with van der Waals surface area (Å²) >= 11 is 0. The summed E-state index contributed by atoms with van der Waals surface area (Å²) in [6.45, 7) is 24.9. The van der Waals surface area contributed by atoms with E-state index in [1.165, 1.54) is 6.92 Å². The predicted molar refractivity (Wildman–Crippen MR) is 148 cm³/mol. The molecule has 206 valence electrons. The van der Waals surface area contributed by atoms with Crippen molar-refractivity contribution >= 4 is 17.6 Å². The molecule has 2 unspecified atom stereocenters. The fourth-order valence-corrected chi connectivity index (χ4v) is 3.28. The molecule has 0 bridgehead atoms. The van der Waals surface area contributed by atoms with Gasteiger partial charge in [0.2, 0.25) is 11.8 Å². The molecule has 0 saturated carbocycles. The standard InChI is InChI=1S/C21H42N4O3.3C2H6/c1-7-12-25(13-8-2)14-10-9-11-18(20(27)23-15-17(5)26)24-21(28)19(22-6)16(3)4;3*1-2/h16,18-19,22H,7-15H2,1-6H3,(H,23,27)(H,24,28);3*1-2H3. The van der Waals surface area contributed by atoms with Crippen LogP contribution in [0.2, 0.25) is 0 Å². The Balaban J connectivity index is -0.000000689. The summed E-state index contributed by atoms with van der Waals surface area (Å²) in [5.74, 6) is -0.466. The number of carbonyl (C=O) groups excluding carboxylic acids is 3. The highest BCUT2D eigenvalue weighted by Gasteiger charge is 2.26. The maximum atomic E-state index is 12.6. The minimum absolute atomic E-state index is 0.00831. The Morgan fingerprint density at radius 2 is 1.29 bits per heavy atom. The minimum Gasteiger partial charge on any atom is -0.347 e. The van der Waals surface area contributed by atoms with Crippen molar-refractivity contribution in [3.63, 3.8) is 0 Å². The maximum absolute atomic E-state index is 12.6. The van der Waals surface area contributed by atoms with Crippen molar-refractivity contribution in [2.75, 3.05) is 33.2 Å². The molecule has 0 aliphatic rings. The zero-order valence-electron chi connectivity index (χ0n) is 24.8. The first kappa shape index (κ1) is 39.7. The number of likely N-dealkylation sites (N-methyl/N-ethyl adjacent to an activating group) is 1. The van der Waals surface area contributed by atoms with Crippen molar-refractivity contribution in [1.82, 2.24) is 20.9 Å². The van der Waals surface area contributed by atoms with Gasteiger partial charge in [0.1, 0.15) is 11.8 Å². The van der Waals surface area contributed by atoms with Gasteiger partial charge in [-0.05, 0) is 71.6 Å². The molecule has 0 aromatic rings. The average Bonchev–Trinajstić information content (AvgIpc) is 2.83. The van der Waals surface area contributed by atoms with Crippen LogP contribution < -0.4 is 16.0 Å². The zero-order valence-corrected chi connectivity index (χ0v) is 24.8. The molecule has 0 aromatic heterocycles. The summed E-state index contributed by atoms with van der Waals surface area (Å²) in [6, 6.07) is -0.972. The Hall–Kier alpha value is -1.47.